The molecule has 0 saturated carbocycles. The van der Waals surface area contributed by atoms with Crippen molar-refractivity contribution in [3.05, 3.63) is 23.8 Å². The zero-order valence-electron chi connectivity index (χ0n) is 17.2. The summed E-state index contributed by atoms with van der Waals surface area (Å²) in [5.41, 5.74) is 1.26. The first-order chi connectivity index (χ1) is 13.0. The second-order valence-electron chi connectivity index (χ2n) is 7.76. The third kappa shape index (κ3) is 4.22. The van der Waals surface area contributed by atoms with Gasteiger partial charge in [-0.1, -0.05) is 6.07 Å². The molecule has 3 rings (SSSR count). The van der Waals surface area contributed by atoms with Gasteiger partial charge in [0.2, 0.25) is 5.91 Å². The molecule has 1 aromatic rings. The van der Waals surface area contributed by atoms with Crippen LogP contribution in [0.2, 0.25) is 0 Å². The summed E-state index contributed by atoms with van der Waals surface area (Å²) in [5, 5.41) is 0. The Labute approximate surface area is 163 Å². The molecular weight excluding hydrogens is 342 g/mol. The van der Waals surface area contributed by atoms with Crippen molar-refractivity contribution in [3.63, 3.8) is 0 Å². The Balaban J connectivity index is 1.75. The van der Waals surface area contributed by atoms with E-state index in [1.807, 2.05) is 17.0 Å². The van der Waals surface area contributed by atoms with Crippen LogP contribution < -0.4 is 9.47 Å². The van der Waals surface area contributed by atoms with E-state index in [9.17, 15) is 4.79 Å². The number of nitrogens with zero attached hydrogens (tertiary/aromatic N) is 3. The molecule has 0 aromatic heterocycles. The summed E-state index contributed by atoms with van der Waals surface area (Å²) in [5.74, 6) is 1.99. The highest BCUT2D eigenvalue weighted by Gasteiger charge is 2.42. The van der Waals surface area contributed by atoms with Gasteiger partial charge in [-0.15, -0.1) is 0 Å². The normalized spacial score (nSPS) is 24.9. The maximum atomic E-state index is 12.4. The number of amides is 1. The molecule has 6 nitrogen and oxygen atoms in total. The number of methoxy groups -OCH3 is 2. The summed E-state index contributed by atoms with van der Waals surface area (Å²) in [7, 11) is 5.60. The minimum Gasteiger partial charge on any atom is -0.497 e. The number of rotatable bonds is 5. The van der Waals surface area contributed by atoms with Crippen LogP contribution in [0.4, 0.5) is 0 Å². The van der Waals surface area contributed by atoms with Crippen LogP contribution in [0.3, 0.4) is 0 Å². The van der Waals surface area contributed by atoms with Gasteiger partial charge in [-0.2, -0.15) is 0 Å². The van der Waals surface area contributed by atoms with E-state index in [0.29, 0.717) is 12.3 Å². The van der Waals surface area contributed by atoms with Crippen molar-refractivity contribution in [1.82, 2.24) is 14.7 Å². The molecule has 2 fully saturated rings. The highest BCUT2D eigenvalue weighted by Crippen LogP contribution is 2.34. The van der Waals surface area contributed by atoms with Crippen molar-refractivity contribution in [3.8, 4) is 11.5 Å². The Hall–Kier alpha value is -1.79. The number of hydrogen-bond donors (Lipinski definition) is 0. The molecule has 0 aliphatic carbocycles. The van der Waals surface area contributed by atoms with E-state index in [2.05, 4.69) is 29.8 Å². The molecule has 1 atom stereocenters. The zero-order valence-corrected chi connectivity index (χ0v) is 17.2. The molecule has 27 heavy (non-hydrogen) atoms. The second-order valence-corrected chi connectivity index (χ2v) is 7.76. The van der Waals surface area contributed by atoms with Gasteiger partial charge in [0.1, 0.15) is 11.5 Å². The maximum absolute atomic E-state index is 12.4. The highest BCUT2D eigenvalue weighted by molar-refractivity contribution is 5.76. The fourth-order valence-electron chi connectivity index (χ4n) is 4.47. The predicted molar refractivity (Wildman–Crippen MR) is 106 cm³/mol. The topological polar surface area (TPSA) is 45.3 Å². The lowest BCUT2D eigenvalue weighted by atomic mass is 9.86. The first-order valence-electron chi connectivity index (χ1n) is 9.93. The van der Waals surface area contributed by atoms with Gasteiger partial charge in [-0.05, 0) is 32.9 Å². The molecule has 1 amide bonds. The lowest BCUT2D eigenvalue weighted by Crippen LogP contribution is -2.60. The SMILES string of the molecule is CCN1CC[C@]2(CCC1=O)CN(Cc1ccc(OC)cc1OC)CCN2C. The number of likely N-dealkylation sites (tertiary alicyclic amines) is 1. The summed E-state index contributed by atoms with van der Waals surface area (Å²) in [4.78, 5) is 19.4. The van der Waals surface area contributed by atoms with Crippen LogP contribution in [0.15, 0.2) is 18.2 Å². The van der Waals surface area contributed by atoms with Crippen LogP contribution in [-0.2, 0) is 11.3 Å². The van der Waals surface area contributed by atoms with E-state index in [1.54, 1.807) is 14.2 Å². The van der Waals surface area contributed by atoms with Crippen molar-refractivity contribution in [2.24, 2.45) is 0 Å². The maximum Gasteiger partial charge on any atom is 0.222 e. The van der Waals surface area contributed by atoms with E-state index in [4.69, 9.17) is 9.47 Å². The average Bonchev–Trinajstić information content (AvgIpc) is 2.84. The Morgan fingerprint density at radius 1 is 1.11 bits per heavy atom. The fraction of sp³-hybridized carbons (Fsp3) is 0.667. The molecule has 2 aliphatic heterocycles. The third-order valence-corrected chi connectivity index (χ3v) is 6.35. The molecular formula is C21H33N3O3. The van der Waals surface area contributed by atoms with E-state index < -0.39 is 0 Å². The minimum absolute atomic E-state index is 0.0809. The lowest BCUT2D eigenvalue weighted by Gasteiger charge is -2.49. The number of carbonyl (C=O) groups excluding carboxylic acids is 1. The number of hydrogen-bond acceptors (Lipinski definition) is 5. The Morgan fingerprint density at radius 3 is 2.63 bits per heavy atom. The van der Waals surface area contributed by atoms with Crippen molar-refractivity contribution in [2.75, 3.05) is 54.0 Å². The number of benzene rings is 1. The van der Waals surface area contributed by atoms with Crippen molar-refractivity contribution >= 4 is 5.91 Å². The van der Waals surface area contributed by atoms with E-state index in [1.165, 1.54) is 5.56 Å². The Morgan fingerprint density at radius 2 is 1.93 bits per heavy atom. The van der Waals surface area contributed by atoms with Crippen LogP contribution >= 0.6 is 0 Å². The number of ether oxygens (including phenoxy) is 2. The van der Waals surface area contributed by atoms with Crippen molar-refractivity contribution in [1.29, 1.82) is 0 Å². The van der Waals surface area contributed by atoms with Crippen molar-refractivity contribution < 1.29 is 14.3 Å². The molecule has 2 aliphatic rings. The molecule has 0 N–H and O–H groups in total. The summed E-state index contributed by atoms with van der Waals surface area (Å²) in [6.45, 7) is 7.64. The van der Waals surface area contributed by atoms with Gasteiger partial charge in [-0.25, -0.2) is 0 Å². The zero-order chi connectivity index (χ0) is 19.4. The number of likely N-dealkylation sites (N-methyl/N-ethyl adjacent to an activating group) is 1. The molecule has 0 bridgehead atoms. The summed E-state index contributed by atoms with van der Waals surface area (Å²) < 4.78 is 10.9. The average molecular weight is 376 g/mol. The predicted octanol–water partition coefficient (Wildman–Crippen LogP) is 2.22. The fourth-order valence-corrected chi connectivity index (χ4v) is 4.47. The van der Waals surface area contributed by atoms with Gasteiger partial charge in [0, 0.05) is 62.9 Å². The van der Waals surface area contributed by atoms with Crippen LogP contribution in [0.1, 0.15) is 31.7 Å². The summed E-state index contributed by atoms with van der Waals surface area (Å²) in [6.07, 6.45) is 2.63. The molecule has 2 saturated heterocycles. The van der Waals surface area contributed by atoms with Gasteiger partial charge >= 0.3 is 0 Å². The van der Waals surface area contributed by atoms with Gasteiger partial charge in [0.15, 0.2) is 0 Å². The van der Waals surface area contributed by atoms with Gasteiger partial charge in [-0.3, -0.25) is 14.6 Å². The van der Waals surface area contributed by atoms with E-state index >= 15 is 0 Å². The van der Waals surface area contributed by atoms with Crippen LogP contribution in [0.25, 0.3) is 0 Å². The second kappa shape index (κ2) is 8.48. The Bertz CT molecular complexity index is 666. The molecule has 0 radical (unpaired) electrons. The minimum atomic E-state index is 0.0809. The number of carbonyl (C=O) groups is 1. The molecule has 2 heterocycles. The van der Waals surface area contributed by atoms with Gasteiger partial charge < -0.3 is 14.4 Å². The van der Waals surface area contributed by atoms with Crippen LogP contribution in [-0.4, -0.2) is 80.1 Å². The molecule has 150 valence electrons. The molecule has 6 heteroatoms. The summed E-state index contributed by atoms with van der Waals surface area (Å²) >= 11 is 0. The molecule has 0 unspecified atom stereocenters. The monoisotopic (exact) mass is 375 g/mol. The van der Waals surface area contributed by atoms with Crippen molar-refractivity contribution in [2.45, 2.75) is 38.3 Å². The Kier molecular flexibility index (Phi) is 6.27. The van der Waals surface area contributed by atoms with Crippen LogP contribution in [0.5, 0.6) is 11.5 Å². The first-order valence-corrected chi connectivity index (χ1v) is 9.93. The van der Waals surface area contributed by atoms with E-state index in [-0.39, 0.29) is 5.54 Å². The lowest BCUT2D eigenvalue weighted by molar-refractivity contribution is -0.130. The first kappa shape index (κ1) is 20.0. The van der Waals surface area contributed by atoms with Gasteiger partial charge in [0.05, 0.1) is 14.2 Å². The molecule has 1 spiro atoms. The smallest absolute Gasteiger partial charge is 0.222 e. The van der Waals surface area contributed by atoms with Crippen LogP contribution in [0, 0.1) is 0 Å². The standard InChI is InChI=1S/C21H33N3O3/c1-5-24-11-10-21(9-8-20(24)25)16-23(13-12-22(21)2)15-17-6-7-18(26-3)14-19(17)27-4/h6-7,14H,5,8-13,15-16H2,1-4H3/t21-/m1/s1. The van der Waals surface area contributed by atoms with E-state index in [0.717, 1.165) is 63.6 Å². The summed E-state index contributed by atoms with van der Waals surface area (Å²) in [6, 6.07) is 6.04. The quantitative estimate of drug-likeness (QED) is 0.790. The third-order valence-electron chi connectivity index (χ3n) is 6.35. The number of piperazine rings is 1. The largest absolute Gasteiger partial charge is 0.497 e. The molecule has 1 aromatic carbocycles. The highest BCUT2D eigenvalue weighted by atomic mass is 16.5. The van der Waals surface area contributed by atoms with Gasteiger partial charge in [0.25, 0.3) is 0 Å².